The largest absolute Gasteiger partial charge is 0.405 e. The SMILES string of the molecule is O=C(NC1CCN(CCN2CCOCC2)CC1)c1nccc2nc(NCC(F)(F)F)ccc12. The van der Waals surface area contributed by atoms with E-state index in [0.717, 1.165) is 65.3 Å². The Labute approximate surface area is 190 Å². The van der Waals surface area contributed by atoms with Crippen molar-refractivity contribution in [3.63, 3.8) is 0 Å². The average Bonchev–Trinajstić information content (AvgIpc) is 2.82. The molecule has 0 saturated carbocycles. The predicted molar refractivity (Wildman–Crippen MR) is 118 cm³/mol. The normalized spacial score (nSPS) is 19.0. The summed E-state index contributed by atoms with van der Waals surface area (Å²) in [7, 11) is 0. The first kappa shape index (κ1) is 23.7. The molecule has 4 rings (SSSR count). The molecule has 0 atom stereocenters. The molecule has 2 aromatic rings. The van der Waals surface area contributed by atoms with Gasteiger partial charge in [0.25, 0.3) is 5.91 Å². The number of carbonyl (C=O) groups is 1. The van der Waals surface area contributed by atoms with E-state index in [2.05, 4.69) is 30.4 Å². The highest BCUT2D eigenvalue weighted by Crippen LogP contribution is 2.21. The monoisotopic (exact) mass is 466 g/mol. The summed E-state index contributed by atoms with van der Waals surface area (Å²) in [6.45, 7) is 6.30. The summed E-state index contributed by atoms with van der Waals surface area (Å²) < 4.78 is 42.7. The lowest BCUT2D eigenvalue weighted by Gasteiger charge is -2.34. The Hall–Kier alpha value is -2.50. The van der Waals surface area contributed by atoms with E-state index in [1.807, 2.05) is 0 Å². The molecule has 33 heavy (non-hydrogen) atoms. The molecule has 1 amide bonds. The standard InChI is InChI=1S/C22H29F3N6O2/c23-22(24,25)15-27-19-2-1-17-18(29-19)3-6-26-20(17)21(32)28-16-4-7-30(8-5-16)9-10-31-11-13-33-14-12-31/h1-3,6,16H,4-5,7-15H2,(H,27,29)(H,28,32). The first-order chi connectivity index (χ1) is 15.9. The number of carbonyl (C=O) groups excluding carboxylic acids is 1. The van der Waals surface area contributed by atoms with Crippen molar-refractivity contribution in [2.75, 3.05) is 64.3 Å². The molecule has 0 spiro atoms. The maximum atomic E-state index is 12.9. The molecule has 11 heteroatoms. The van der Waals surface area contributed by atoms with Gasteiger partial charge in [0.2, 0.25) is 0 Å². The molecule has 2 aliphatic heterocycles. The molecule has 4 heterocycles. The zero-order chi connectivity index (χ0) is 23.3. The summed E-state index contributed by atoms with van der Waals surface area (Å²) in [5.74, 6) is -0.188. The number of nitrogens with one attached hydrogen (secondary N) is 2. The van der Waals surface area contributed by atoms with Gasteiger partial charge in [0.05, 0.1) is 18.7 Å². The van der Waals surface area contributed by atoms with E-state index in [-0.39, 0.29) is 23.5 Å². The Morgan fingerprint density at radius 1 is 1.06 bits per heavy atom. The van der Waals surface area contributed by atoms with E-state index in [0.29, 0.717) is 10.9 Å². The van der Waals surface area contributed by atoms with Gasteiger partial charge in [-0.2, -0.15) is 13.2 Å². The smallest absolute Gasteiger partial charge is 0.379 e. The van der Waals surface area contributed by atoms with E-state index >= 15 is 0 Å². The highest BCUT2D eigenvalue weighted by molar-refractivity contribution is 6.04. The second-order valence-electron chi connectivity index (χ2n) is 8.43. The molecular weight excluding hydrogens is 437 g/mol. The minimum absolute atomic E-state index is 0.0647. The van der Waals surface area contributed by atoms with E-state index in [1.165, 1.54) is 12.3 Å². The maximum absolute atomic E-state index is 12.9. The van der Waals surface area contributed by atoms with Gasteiger partial charge in [-0.3, -0.25) is 14.7 Å². The highest BCUT2D eigenvalue weighted by atomic mass is 19.4. The van der Waals surface area contributed by atoms with Crippen LogP contribution >= 0.6 is 0 Å². The van der Waals surface area contributed by atoms with Gasteiger partial charge in [-0.05, 0) is 31.0 Å². The van der Waals surface area contributed by atoms with Crippen molar-refractivity contribution in [1.29, 1.82) is 0 Å². The van der Waals surface area contributed by atoms with Crippen LogP contribution in [0.5, 0.6) is 0 Å². The Balaban J connectivity index is 1.29. The van der Waals surface area contributed by atoms with Crippen LogP contribution in [0.25, 0.3) is 10.9 Å². The number of rotatable bonds is 7. The van der Waals surface area contributed by atoms with Crippen LogP contribution in [-0.4, -0.2) is 96.9 Å². The molecule has 0 aromatic carbocycles. The summed E-state index contributed by atoms with van der Waals surface area (Å²) in [6.07, 6.45) is -1.16. The Bertz CT molecular complexity index is 943. The highest BCUT2D eigenvalue weighted by Gasteiger charge is 2.27. The van der Waals surface area contributed by atoms with Gasteiger partial charge in [0, 0.05) is 56.9 Å². The summed E-state index contributed by atoms with van der Waals surface area (Å²) in [6, 6.07) is 4.66. The first-order valence-corrected chi connectivity index (χ1v) is 11.3. The number of hydrogen-bond donors (Lipinski definition) is 2. The lowest BCUT2D eigenvalue weighted by molar-refractivity contribution is -0.115. The molecule has 8 nitrogen and oxygen atoms in total. The van der Waals surface area contributed by atoms with Crippen LogP contribution in [0.15, 0.2) is 24.4 Å². The van der Waals surface area contributed by atoms with Gasteiger partial charge in [0.1, 0.15) is 18.1 Å². The van der Waals surface area contributed by atoms with Gasteiger partial charge in [-0.15, -0.1) is 0 Å². The van der Waals surface area contributed by atoms with Crippen molar-refractivity contribution in [2.24, 2.45) is 0 Å². The summed E-state index contributed by atoms with van der Waals surface area (Å²) in [5, 5.41) is 5.83. The second-order valence-corrected chi connectivity index (χ2v) is 8.43. The van der Waals surface area contributed by atoms with Crippen molar-refractivity contribution in [3.05, 3.63) is 30.1 Å². The quantitative estimate of drug-likeness (QED) is 0.647. The number of alkyl halides is 3. The van der Waals surface area contributed by atoms with Gasteiger partial charge < -0.3 is 20.3 Å². The summed E-state index contributed by atoms with van der Waals surface area (Å²) in [5.41, 5.74) is 0.650. The van der Waals surface area contributed by atoms with Gasteiger partial charge in [0.15, 0.2) is 0 Å². The third-order valence-electron chi connectivity index (χ3n) is 6.06. The van der Waals surface area contributed by atoms with Gasteiger partial charge in [-0.1, -0.05) is 0 Å². The van der Waals surface area contributed by atoms with Crippen molar-refractivity contribution in [1.82, 2.24) is 25.1 Å². The molecule has 0 bridgehead atoms. The number of amides is 1. The van der Waals surface area contributed by atoms with E-state index in [4.69, 9.17) is 4.74 Å². The fourth-order valence-corrected chi connectivity index (χ4v) is 4.19. The van der Waals surface area contributed by atoms with Crippen LogP contribution in [0.3, 0.4) is 0 Å². The first-order valence-electron chi connectivity index (χ1n) is 11.3. The second kappa shape index (κ2) is 10.6. The third-order valence-corrected chi connectivity index (χ3v) is 6.06. The minimum atomic E-state index is -4.34. The average molecular weight is 467 g/mol. The number of pyridine rings is 2. The van der Waals surface area contributed by atoms with Gasteiger partial charge >= 0.3 is 6.18 Å². The Kier molecular flexibility index (Phi) is 7.61. The zero-order valence-electron chi connectivity index (χ0n) is 18.4. The molecule has 2 fully saturated rings. The molecule has 0 radical (unpaired) electrons. The number of halogens is 3. The number of likely N-dealkylation sites (tertiary alicyclic amines) is 1. The maximum Gasteiger partial charge on any atom is 0.405 e. The molecule has 2 aromatic heterocycles. The number of aromatic nitrogens is 2. The Morgan fingerprint density at radius 2 is 1.76 bits per heavy atom. The van der Waals surface area contributed by atoms with Crippen LogP contribution in [0.1, 0.15) is 23.3 Å². The Morgan fingerprint density at radius 3 is 2.45 bits per heavy atom. The molecule has 180 valence electrons. The number of nitrogens with zero attached hydrogens (tertiary/aromatic N) is 4. The van der Waals surface area contributed by atoms with Crippen LogP contribution < -0.4 is 10.6 Å². The van der Waals surface area contributed by atoms with Gasteiger partial charge in [-0.25, -0.2) is 4.98 Å². The number of morpholine rings is 1. The molecule has 2 aliphatic rings. The molecule has 0 unspecified atom stereocenters. The van der Waals surface area contributed by atoms with Crippen LogP contribution in [0.2, 0.25) is 0 Å². The van der Waals surface area contributed by atoms with Crippen LogP contribution in [0, 0.1) is 0 Å². The lowest BCUT2D eigenvalue weighted by atomic mass is 10.0. The van der Waals surface area contributed by atoms with Crippen LogP contribution in [-0.2, 0) is 4.74 Å². The number of piperidine rings is 1. The lowest BCUT2D eigenvalue weighted by Crippen LogP contribution is -2.47. The summed E-state index contributed by atoms with van der Waals surface area (Å²) >= 11 is 0. The molecular formula is C22H29F3N6O2. The number of anilines is 1. The summed E-state index contributed by atoms with van der Waals surface area (Å²) in [4.78, 5) is 26.1. The fraction of sp³-hybridized carbons (Fsp3) is 0.591. The van der Waals surface area contributed by atoms with Crippen LogP contribution in [0.4, 0.5) is 19.0 Å². The van der Waals surface area contributed by atoms with E-state index in [9.17, 15) is 18.0 Å². The zero-order valence-corrected chi connectivity index (χ0v) is 18.4. The number of hydrogen-bond acceptors (Lipinski definition) is 7. The third kappa shape index (κ3) is 6.75. The minimum Gasteiger partial charge on any atom is -0.379 e. The molecule has 0 aliphatic carbocycles. The topological polar surface area (TPSA) is 82.6 Å². The number of fused-ring (bicyclic) bond motifs is 1. The number of ether oxygens (including phenoxy) is 1. The van der Waals surface area contributed by atoms with Crippen molar-refractivity contribution in [3.8, 4) is 0 Å². The van der Waals surface area contributed by atoms with E-state index < -0.39 is 12.7 Å². The van der Waals surface area contributed by atoms with Crippen molar-refractivity contribution >= 4 is 22.6 Å². The molecule has 2 N–H and O–H groups in total. The fourth-order valence-electron chi connectivity index (χ4n) is 4.19. The van der Waals surface area contributed by atoms with Crippen molar-refractivity contribution in [2.45, 2.75) is 25.1 Å². The van der Waals surface area contributed by atoms with E-state index in [1.54, 1.807) is 12.1 Å². The molecule has 2 saturated heterocycles. The predicted octanol–water partition coefficient (Wildman–Crippen LogP) is 2.13. The van der Waals surface area contributed by atoms with Crippen molar-refractivity contribution < 1.29 is 22.7 Å².